The van der Waals surface area contributed by atoms with Gasteiger partial charge in [0.25, 0.3) is 0 Å². The lowest BCUT2D eigenvalue weighted by Crippen LogP contribution is -2.51. The van der Waals surface area contributed by atoms with Crippen molar-refractivity contribution in [3.05, 3.63) is 52.0 Å². The Morgan fingerprint density at radius 1 is 0.863 bits per heavy atom. The van der Waals surface area contributed by atoms with E-state index in [4.69, 9.17) is 0 Å². The molecule has 51 heavy (non-hydrogen) atoms. The van der Waals surface area contributed by atoms with Crippen molar-refractivity contribution in [2.45, 2.75) is 191 Å². The molecule has 285 valence electrons. The molecule has 5 rings (SSSR count). The van der Waals surface area contributed by atoms with Gasteiger partial charge < -0.3 is 0 Å². The molecule has 0 bridgehead atoms. The van der Waals surface area contributed by atoms with Gasteiger partial charge in [-0.25, -0.2) is 0 Å². The van der Waals surface area contributed by atoms with Crippen LogP contribution in [0.15, 0.2) is 46.1 Å². The van der Waals surface area contributed by atoms with Crippen molar-refractivity contribution < 1.29 is 0 Å². The molecule has 9 atom stereocenters. The van der Waals surface area contributed by atoms with E-state index in [0.717, 1.165) is 67.1 Å². The third kappa shape index (κ3) is 9.23. The number of hydrogen-bond donors (Lipinski definition) is 0. The van der Waals surface area contributed by atoms with Crippen LogP contribution in [-0.4, -0.2) is 0 Å². The maximum atomic E-state index is 10.0. The SMILES string of the molecule is CC(C)=CCCC(C)=CCCC(C)=C(CC(C)C#N)[C](C1CCC1)C1CC[C@@]2(C)C(=CCC3C2CC[C@@]2(C)C3CC[C@@H]2[C@H](C)CCCC(C)C)C1. The number of rotatable bonds is 16. The van der Waals surface area contributed by atoms with Crippen molar-refractivity contribution in [2.75, 3.05) is 0 Å². The fraction of sp³-hybridized carbons (Fsp3) is 0.800. The fourth-order valence-corrected chi connectivity index (χ4v) is 12.8. The van der Waals surface area contributed by atoms with Gasteiger partial charge in [-0.05, 0) is 189 Å². The first kappa shape index (κ1) is 40.6. The molecule has 1 radical (unpaired) electrons. The molecule has 0 heterocycles. The van der Waals surface area contributed by atoms with Crippen molar-refractivity contribution in [1.82, 2.24) is 0 Å². The molecule has 0 aliphatic heterocycles. The summed E-state index contributed by atoms with van der Waals surface area (Å²) >= 11 is 0. The van der Waals surface area contributed by atoms with E-state index >= 15 is 0 Å². The minimum Gasteiger partial charge on any atom is -0.198 e. The van der Waals surface area contributed by atoms with E-state index in [0.29, 0.717) is 16.7 Å². The van der Waals surface area contributed by atoms with Gasteiger partial charge in [0.15, 0.2) is 0 Å². The Balaban J connectivity index is 1.32. The quantitative estimate of drug-likeness (QED) is 0.148. The van der Waals surface area contributed by atoms with Crippen LogP contribution < -0.4 is 0 Å². The van der Waals surface area contributed by atoms with Crippen molar-refractivity contribution in [3.63, 3.8) is 0 Å². The summed E-state index contributed by atoms with van der Waals surface area (Å²) in [5.74, 6) is 8.73. The van der Waals surface area contributed by atoms with Gasteiger partial charge >= 0.3 is 0 Å². The van der Waals surface area contributed by atoms with Crippen LogP contribution in [0.4, 0.5) is 0 Å². The third-order valence-corrected chi connectivity index (χ3v) is 16.0. The number of fused-ring (bicyclic) bond motifs is 5. The second-order valence-electron chi connectivity index (χ2n) is 20.2. The van der Waals surface area contributed by atoms with Gasteiger partial charge in [-0.2, -0.15) is 5.26 Å². The lowest BCUT2D eigenvalue weighted by atomic mass is 9.45. The van der Waals surface area contributed by atoms with Crippen molar-refractivity contribution >= 4 is 0 Å². The monoisotopic (exact) mass is 695 g/mol. The van der Waals surface area contributed by atoms with Crippen LogP contribution in [-0.2, 0) is 0 Å². The smallest absolute Gasteiger partial charge is 0.0656 e. The van der Waals surface area contributed by atoms with Crippen LogP contribution in [0, 0.1) is 81.3 Å². The molecular weight excluding hydrogens is 615 g/mol. The molecule has 5 aliphatic rings. The first-order valence-corrected chi connectivity index (χ1v) is 22.2. The van der Waals surface area contributed by atoms with E-state index in [-0.39, 0.29) is 5.92 Å². The summed E-state index contributed by atoms with van der Waals surface area (Å²) < 4.78 is 0. The highest BCUT2D eigenvalue weighted by Gasteiger charge is 2.59. The van der Waals surface area contributed by atoms with Crippen molar-refractivity contribution in [1.29, 1.82) is 5.26 Å². The van der Waals surface area contributed by atoms with E-state index in [9.17, 15) is 5.26 Å². The highest BCUT2D eigenvalue weighted by molar-refractivity contribution is 5.38. The van der Waals surface area contributed by atoms with Gasteiger partial charge in [0.2, 0.25) is 0 Å². The van der Waals surface area contributed by atoms with Crippen molar-refractivity contribution in [2.24, 2.45) is 64.1 Å². The molecule has 0 saturated heterocycles. The van der Waals surface area contributed by atoms with E-state index in [1.54, 1.807) is 11.1 Å². The number of nitrogens with zero attached hydrogens (tertiary/aromatic N) is 1. The maximum Gasteiger partial charge on any atom is 0.0656 e. The van der Waals surface area contributed by atoms with E-state index in [2.05, 4.69) is 93.5 Å². The molecule has 1 nitrogen and oxygen atoms in total. The average molecular weight is 695 g/mol. The zero-order valence-corrected chi connectivity index (χ0v) is 35.3. The Hall–Kier alpha value is -1.55. The van der Waals surface area contributed by atoms with Crippen LogP contribution in [0.2, 0.25) is 0 Å². The highest BCUT2D eigenvalue weighted by atomic mass is 14.6. The molecule has 5 unspecified atom stereocenters. The van der Waals surface area contributed by atoms with Crippen LogP contribution >= 0.6 is 0 Å². The highest BCUT2D eigenvalue weighted by Crippen LogP contribution is 2.68. The Labute approximate surface area is 317 Å². The molecule has 1 heteroatoms. The molecule has 5 aliphatic carbocycles. The number of hydrogen-bond acceptors (Lipinski definition) is 1. The summed E-state index contributed by atoms with van der Waals surface area (Å²) in [4.78, 5) is 0. The molecule has 0 spiro atoms. The molecule has 0 amide bonds. The topological polar surface area (TPSA) is 23.8 Å². The van der Waals surface area contributed by atoms with Crippen LogP contribution in [0.25, 0.3) is 0 Å². The van der Waals surface area contributed by atoms with Gasteiger partial charge in [-0.15, -0.1) is 0 Å². The van der Waals surface area contributed by atoms with E-state index in [1.807, 2.05) is 11.5 Å². The second-order valence-corrected chi connectivity index (χ2v) is 20.2. The Kier molecular flexibility index (Phi) is 14.1. The Morgan fingerprint density at radius 2 is 1.61 bits per heavy atom. The summed E-state index contributed by atoms with van der Waals surface area (Å²) in [6, 6.07) is 2.64. The maximum absolute atomic E-state index is 10.0. The normalized spacial score (nSPS) is 34.1. The molecule has 0 aromatic heterocycles. The zero-order valence-electron chi connectivity index (χ0n) is 35.3. The van der Waals surface area contributed by atoms with E-state index in [1.165, 1.54) is 107 Å². The van der Waals surface area contributed by atoms with Crippen LogP contribution in [0.3, 0.4) is 0 Å². The molecule has 0 aromatic carbocycles. The van der Waals surface area contributed by atoms with Crippen LogP contribution in [0.1, 0.15) is 191 Å². The summed E-state index contributed by atoms with van der Waals surface area (Å²) in [6.45, 7) is 24.2. The number of nitriles is 1. The van der Waals surface area contributed by atoms with Crippen molar-refractivity contribution in [3.8, 4) is 6.07 Å². The standard InChI is InChI=1S/C50H80N/c1-34(2)15-11-17-36(5)18-13-19-38(7)44(31-37(6)33-51)48(40-21-14-22-40)41-27-29-49(9)42(32-41)23-24-43-46-26-25-45(39(8)20-12-16-35(3)4)50(46,10)30-28-47(43)49/h15,18,23,35,37,39-41,43,45-47H,11-14,16-17,19-22,24-32H2,1-10H3/t37?,39-,41?,43?,45-,46?,47?,49+,50-/m1/s1. The van der Waals surface area contributed by atoms with E-state index < -0.39 is 0 Å². The number of allylic oxidation sites excluding steroid dienone is 8. The predicted octanol–water partition coefficient (Wildman–Crippen LogP) is 15.4. The van der Waals surface area contributed by atoms with Crippen LogP contribution in [0.5, 0.6) is 0 Å². The zero-order chi connectivity index (χ0) is 36.9. The molecule has 4 saturated carbocycles. The van der Waals surface area contributed by atoms with Gasteiger partial charge in [0, 0.05) is 11.8 Å². The summed E-state index contributed by atoms with van der Waals surface area (Å²) in [5.41, 5.74) is 8.97. The summed E-state index contributed by atoms with van der Waals surface area (Å²) in [7, 11) is 0. The lowest BCUT2D eigenvalue weighted by molar-refractivity contribution is -0.0527. The summed E-state index contributed by atoms with van der Waals surface area (Å²) in [5, 5.41) is 10.0. The molecule has 4 fully saturated rings. The van der Waals surface area contributed by atoms with Gasteiger partial charge in [0.05, 0.1) is 6.07 Å². The molecular formula is C50H80N. The Bertz CT molecular complexity index is 1320. The average Bonchev–Trinajstić information content (AvgIpc) is 3.42. The minimum absolute atomic E-state index is 0.0830. The first-order valence-electron chi connectivity index (χ1n) is 22.2. The first-order chi connectivity index (χ1) is 24.3. The van der Waals surface area contributed by atoms with Gasteiger partial charge in [0.1, 0.15) is 0 Å². The molecule has 0 aromatic rings. The Morgan fingerprint density at radius 3 is 2.27 bits per heavy atom. The molecule has 0 N–H and O–H groups in total. The largest absolute Gasteiger partial charge is 0.198 e. The predicted molar refractivity (Wildman–Crippen MR) is 221 cm³/mol. The van der Waals surface area contributed by atoms with Gasteiger partial charge in [-0.1, -0.05) is 106 Å². The summed E-state index contributed by atoms with van der Waals surface area (Å²) in [6.07, 6.45) is 32.9. The fourth-order valence-electron chi connectivity index (χ4n) is 12.8. The minimum atomic E-state index is 0.0830. The van der Waals surface area contributed by atoms with Gasteiger partial charge in [-0.3, -0.25) is 0 Å². The second kappa shape index (κ2) is 17.7. The third-order valence-electron chi connectivity index (χ3n) is 16.0. The lowest BCUT2D eigenvalue weighted by Gasteiger charge is -2.59.